The molecular weight excluding hydrogens is 475 g/mol. The van der Waals surface area contributed by atoms with E-state index in [1.54, 1.807) is 7.05 Å². The molecule has 1 aliphatic carbocycles. The van der Waals surface area contributed by atoms with Crippen LogP contribution in [-0.4, -0.2) is 37.1 Å². The molecule has 2 N–H and O–H groups in total. The van der Waals surface area contributed by atoms with Crippen LogP contribution in [0.3, 0.4) is 0 Å². The minimum Gasteiger partial charge on any atom is -0.462 e. The summed E-state index contributed by atoms with van der Waals surface area (Å²) in [7, 11) is 1.78. The molecule has 6 nitrogen and oxygen atoms in total. The number of carbonyl (C=O) groups excluding carboxylic acids is 1. The number of nitrogens with zero attached hydrogens (tertiary/aromatic N) is 2. The Labute approximate surface area is 184 Å². The third-order valence-corrected chi connectivity index (χ3v) is 6.14. The molecule has 0 saturated heterocycles. The third kappa shape index (κ3) is 7.21. The second-order valence-electron chi connectivity index (χ2n) is 7.14. The van der Waals surface area contributed by atoms with Crippen molar-refractivity contribution in [2.24, 2.45) is 16.8 Å². The number of aliphatic imine (C=N–C) groups is 1. The molecule has 1 fully saturated rings. The topological polar surface area (TPSA) is 75.6 Å². The van der Waals surface area contributed by atoms with E-state index < -0.39 is 0 Å². The molecule has 8 heteroatoms. The Morgan fingerprint density at radius 2 is 2.19 bits per heavy atom. The van der Waals surface area contributed by atoms with E-state index in [4.69, 9.17) is 4.74 Å². The highest BCUT2D eigenvalue weighted by molar-refractivity contribution is 14.0. The van der Waals surface area contributed by atoms with Gasteiger partial charge in [-0.15, -0.1) is 35.3 Å². The Hall–Kier alpha value is -0.900. The standard InChI is InChI=1S/C19H32N4O2S.HI/c1-6-25-18(24)16-13(3)22-17(26-16)14(4)23-19(20-5)21-11-15-9-7-8-12(2)10-15;/h12,14-15H,6-11H2,1-5H3,(H2,20,21,23);1H. The van der Waals surface area contributed by atoms with Crippen molar-refractivity contribution in [2.45, 2.75) is 59.4 Å². The maximum Gasteiger partial charge on any atom is 0.350 e. The van der Waals surface area contributed by atoms with Crippen LogP contribution in [-0.2, 0) is 4.74 Å². The smallest absolute Gasteiger partial charge is 0.350 e. The highest BCUT2D eigenvalue weighted by Crippen LogP contribution is 2.28. The van der Waals surface area contributed by atoms with Crippen LogP contribution in [0.15, 0.2) is 4.99 Å². The Bertz CT molecular complexity index is 635. The summed E-state index contributed by atoms with van der Waals surface area (Å²) in [5.41, 5.74) is 0.719. The van der Waals surface area contributed by atoms with Crippen molar-refractivity contribution in [3.05, 3.63) is 15.6 Å². The van der Waals surface area contributed by atoms with E-state index in [-0.39, 0.29) is 36.0 Å². The van der Waals surface area contributed by atoms with Gasteiger partial charge in [-0.3, -0.25) is 4.99 Å². The summed E-state index contributed by atoms with van der Waals surface area (Å²) in [6.07, 6.45) is 5.25. The van der Waals surface area contributed by atoms with Crippen molar-refractivity contribution >= 4 is 47.2 Å². The molecule has 3 atom stereocenters. The van der Waals surface area contributed by atoms with Gasteiger partial charge in [-0.1, -0.05) is 19.8 Å². The number of aromatic nitrogens is 1. The van der Waals surface area contributed by atoms with Crippen LogP contribution in [0.5, 0.6) is 0 Å². The van der Waals surface area contributed by atoms with Crippen LogP contribution in [0.2, 0.25) is 0 Å². The SMILES string of the molecule is CCOC(=O)c1sc(C(C)NC(=NC)NCC2CCCC(C)C2)nc1C.I. The summed E-state index contributed by atoms with van der Waals surface area (Å²) < 4.78 is 5.09. The first kappa shape index (κ1) is 24.1. The zero-order valence-electron chi connectivity index (χ0n) is 17.0. The van der Waals surface area contributed by atoms with Gasteiger partial charge in [0.25, 0.3) is 0 Å². The first-order valence-corrected chi connectivity index (χ1v) is 10.4. The Kier molecular flexibility index (Phi) is 10.6. The number of halogens is 1. The fourth-order valence-corrected chi connectivity index (χ4v) is 4.40. The van der Waals surface area contributed by atoms with Crippen molar-refractivity contribution in [1.82, 2.24) is 15.6 Å². The normalized spacial score (nSPS) is 21.1. The van der Waals surface area contributed by atoms with Crippen LogP contribution in [0.4, 0.5) is 0 Å². The molecule has 0 radical (unpaired) electrons. The molecule has 0 amide bonds. The molecule has 0 aliphatic heterocycles. The number of rotatable bonds is 6. The molecule has 0 bridgehead atoms. The molecule has 1 saturated carbocycles. The van der Waals surface area contributed by atoms with Crippen molar-refractivity contribution in [3.8, 4) is 0 Å². The molecule has 1 heterocycles. The third-order valence-electron chi connectivity index (χ3n) is 4.82. The van der Waals surface area contributed by atoms with Crippen molar-refractivity contribution < 1.29 is 9.53 Å². The van der Waals surface area contributed by atoms with Gasteiger partial charge in [0.05, 0.1) is 18.3 Å². The number of guanidine groups is 1. The Morgan fingerprint density at radius 3 is 2.81 bits per heavy atom. The summed E-state index contributed by atoms with van der Waals surface area (Å²) in [6.45, 7) is 9.34. The fourth-order valence-electron chi connectivity index (χ4n) is 3.44. The molecule has 154 valence electrons. The number of nitrogens with one attached hydrogen (secondary N) is 2. The second kappa shape index (κ2) is 11.8. The lowest BCUT2D eigenvalue weighted by Gasteiger charge is -2.27. The summed E-state index contributed by atoms with van der Waals surface area (Å²) in [4.78, 5) is 21.4. The molecule has 3 unspecified atom stereocenters. The fraction of sp³-hybridized carbons (Fsp3) is 0.737. The Morgan fingerprint density at radius 1 is 1.44 bits per heavy atom. The summed E-state index contributed by atoms with van der Waals surface area (Å²) in [6, 6.07) is -0.0293. The minimum atomic E-state index is -0.296. The average molecular weight is 508 g/mol. The Balaban J connectivity index is 0.00000364. The van der Waals surface area contributed by atoms with E-state index in [9.17, 15) is 4.79 Å². The summed E-state index contributed by atoms with van der Waals surface area (Å²) >= 11 is 1.38. The van der Waals surface area contributed by atoms with Gasteiger partial charge in [0.1, 0.15) is 9.88 Å². The number of ether oxygens (including phenoxy) is 1. The number of thiazole rings is 1. The van der Waals surface area contributed by atoms with Gasteiger partial charge in [0.2, 0.25) is 0 Å². The van der Waals surface area contributed by atoms with Gasteiger partial charge in [-0.2, -0.15) is 0 Å². The molecule has 0 aromatic carbocycles. The zero-order valence-corrected chi connectivity index (χ0v) is 20.1. The van der Waals surface area contributed by atoms with Gasteiger partial charge in [0, 0.05) is 13.6 Å². The lowest BCUT2D eigenvalue weighted by molar-refractivity contribution is 0.0531. The number of carbonyl (C=O) groups is 1. The van der Waals surface area contributed by atoms with E-state index >= 15 is 0 Å². The zero-order chi connectivity index (χ0) is 19.1. The molecule has 2 rings (SSSR count). The lowest BCUT2D eigenvalue weighted by Crippen LogP contribution is -2.41. The largest absolute Gasteiger partial charge is 0.462 e. The first-order chi connectivity index (χ1) is 12.4. The molecule has 27 heavy (non-hydrogen) atoms. The molecule has 1 aliphatic rings. The van der Waals surface area contributed by atoms with Gasteiger partial charge in [-0.25, -0.2) is 9.78 Å². The molecule has 1 aromatic heterocycles. The number of esters is 1. The summed E-state index contributed by atoms with van der Waals surface area (Å²) in [5.74, 6) is 2.02. The van der Waals surface area contributed by atoms with Gasteiger partial charge >= 0.3 is 5.97 Å². The number of hydrogen-bond donors (Lipinski definition) is 2. The highest BCUT2D eigenvalue weighted by atomic mass is 127. The van der Waals surface area contributed by atoms with E-state index in [0.717, 1.165) is 29.1 Å². The maximum atomic E-state index is 12.0. The maximum absolute atomic E-state index is 12.0. The van der Waals surface area contributed by atoms with Crippen LogP contribution >= 0.6 is 35.3 Å². The van der Waals surface area contributed by atoms with E-state index in [2.05, 4.69) is 27.5 Å². The highest BCUT2D eigenvalue weighted by Gasteiger charge is 2.21. The monoisotopic (exact) mass is 508 g/mol. The predicted octanol–water partition coefficient (Wildman–Crippen LogP) is 4.30. The van der Waals surface area contributed by atoms with Crippen LogP contribution in [0.25, 0.3) is 0 Å². The van der Waals surface area contributed by atoms with Gasteiger partial charge in [-0.05, 0) is 45.4 Å². The van der Waals surface area contributed by atoms with E-state index in [1.807, 2.05) is 20.8 Å². The average Bonchev–Trinajstić information content (AvgIpc) is 3.00. The number of hydrogen-bond acceptors (Lipinski definition) is 5. The van der Waals surface area contributed by atoms with E-state index in [0.29, 0.717) is 17.4 Å². The van der Waals surface area contributed by atoms with Crippen molar-refractivity contribution in [2.75, 3.05) is 20.2 Å². The quantitative estimate of drug-likeness (QED) is 0.260. The van der Waals surface area contributed by atoms with Crippen LogP contribution < -0.4 is 10.6 Å². The number of aryl methyl sites for hydroxylation is 1. The van der Waals surface area contributed by atoms with Crippen LogP contribution in [0.1, 0.15) is 72.9 Å². The van der Waals surface area contributed by atoms with Gasteiger partial charge < -0.3 is 15.4 Å². The molecule has 0 spiro atoms. The van der Waals surface area contributed by atoms with Crippen LogP contribution in [0, 0.1) is 18.8 Å². The van der Waals surface area contributed by atoms with Crippen molar-refractivity contribution in [1.29, 1.82) is 0 Å². The van der Waals surface area contributed by atoms with E-state index in [1.165, 1.54) is 37.0 Å². The summed E-state index contributed by atoms with van der Waals surface area (Å²) in [5, 5.41) is 7.69. The first-order valence-electron chi connectivity index (χ1n) is 9.56. The second-order valence-corrected chi connectivity index (χ2v) is 8.17. The predicted molar refractivity (Wildman–Crippen MR) is 122 cm³/mol. The molecule has 1 aromatic rings. The minimum absolute atomic E-state index is 0. The van der Waals surface area contributed by atoms with Gasteiger partial charge in [0.15, 0.2) is 5.96 Å². The van der Waals surface area contributed by atoms with Crippen molar-refractivity contribution in [3.63, 3.8) is 0 Å². The lowest BCUT2D eigenvalue weighted by atomic mass is 9.82. The molecular formula is C19H33IN4O2S.